The fraction of sp³-hybridized carbons (Fsp3) is 0.0741. The molecule has 1 heterocycles. The van der Waals surface area contributed by atoms with Gasteiger partial charge in [0.2, 0.25) is 0 Å². The largest absolute Gasteiger partial charge is 0.483 e. The molecule has 0 amide bonds. The Kier molecular flexibility index (Phi) is 6.93. The first-order valence-electron chi connectivity index (χ1n) is 10.3. The minimum absolute atomic E-state index is 0.0306. The van der Waals surface area contributed by atoms with Gasteiger partial charge in [-0.3, -0.25) is 0 Å². The summed E-state index contributed by atoms with van der Waals surface area (Å²) in [5.41, 5.74) is 3.99. The Morgan fingerprint density at radius 2 is 1.39 bits per heavy atom. The molecule has 2 atom stereocenters. The summed E-state index contributed by atoms with van der Waals surface area (Å²) in [7, 11) is 0. The summed E-state index contributed by atoms with van der Waals surface area (Å²) in [6.07, 6.45) is -0.328. The zero-order chi connectivity index (χ0) is 22.8. The lowest BCUT2D eigenvalue weighted by molar-refractivity contribution is 0.265. The monoisotopic (exact) mass is 597 g/mol. The first-order valence-corrected chi connectivity index (χ1v) is 13.2. The number of thioether (sulfide) groups is 1. The first-order chi connectivity index (χ1) is 16.1. The first kappa shape index (κ1) is 22.7. The van der Waals surface area contributed by atoms with E-state index in [1.54, 1.807) is 11.8 Å². The molecule has 1 aliphatic heterocycles. The second-order valence-electron chi connectivity index (χ2n) is 7.55. The van der Waals surface area contributed by atoms with Crippen LogP contribution in [0.5, 0.6) is 5.75 Å². The SMILES string of the molecule is Clc1ccc([C@@H]2Sc3ccccc3N=C(c3ccc(Br)cc3)[C@@H]2Oc2ccc(Br)cc2)cc1. The van der Waals surface area contributed by atoms with E-state index in [0.717, 1.165) is 42.1 Å². The van der Waals surface area contributed by atoms with Gasteiger partial charge in [0.05, 0.1) is 16.6 Å². The highest BCUT2D eigenvalue weighted by Crippen LogP contribution is 2.47. The summed E-state index contributed by atoms with van der Waals surface area (Å²) in [6, 6.07) is 32.4. The van der Waals surface area contributed by atoms with Gasteiger partial charge < -0.3 is 4.74 Å². The maximum absolute atomic E-state index is 6.70. The fourth-order valence-electron chi connectivity index (χ4n) is 3.71. The van der Waals surface area contributed by atoms with Crippen LogP contribution in [-0.2, 0) is 0 Å². The lowest BCUT2D eigenvalue weighted by Gasteiger charge is -2.28. The second kappa shape index (κ2) is 10.1. The molecule has 0 N–H and O–H groups in total. The standard InChI is InChI=1S/C27H18Br2ClNOS/c28-19-9-5-17(6-10-19)25-26(32-22-15-11-20(29)12-16-22)27(18-7-13-21(30)14-8-18)33-24-4-2-1-3-23(24)31-25/h1-16,26-27H/t26-,27-/m0/s1. The molecule has 0 radical (unpaired) electrons. The van der Waals surface area contributed by atoms with Crippen LogP contribution in [0.3, 0.4) is 0 Å². The molecular formula is C27H18Br2ClNOS. The zero-order valence-corrected chi connectivity index (χ0v) is 22.0. The smallest absolute Gasteiger partial charge is 0.157 e. The van der Waals surface area contributed by atoms with Crippen LogP contribution in [0, 0.1) is 0 Å². The third-order valence-corrected chi connectivity index (χ3v) is 8.00. The molecule has 0 aromatic heterocycles. The van der Waals surface area contributed by atoms with Crippen LogP contribution < -0.4 is 4.74 Å². The molecule has 2 nitrogen and oxygen atoms in total. The number of hydrogen-bond acceptors (Lipinski definition) is 3. The highest BCUT2D eigenvalue weighted by atomic mass is 79.9. The van der Waals surface area contributed by atoms with Crippen LogP contribution in [0.1, 0.15) is 16.4 Å². The van der Waals surface area contributed by atoms with Gasteiger partial charge in [0, 0.05) is 18.9 Å². The third kappa shape index (κ3) is 5.22. The molecule has 0 aliphatic carbocycles. The summed E-state index contributed by atoms with van der Waals surface area (Å²) in [4.78, 5) is 6.27. The zero-order valence-electron chi connectivity index (χ0n) is 17.3. The van der Waals surface area contributed by atoms with Gasteiger partial charge in [0.25, 0.3) is 0 Å². The van der Waals surface area contributed by atoms with E-state index in [-0.39, 0.29) is 11.4 Å². The fourth-order valence-corrected chi connectivity index (χ4v) is 5.63. The molecular weight excluding hydrogens is 582 g/mol. The average Bonchev–Trinajstić information content (AvgIpc) is 2.99. The summed E-state index contributed by atoms with van der Waals surface area (Å²) >= 11 is 15.0. The molecule has 0 unspecified atom stereocenters. The van der Waals surface area contributed by atoms with Gasteiger partial charge in [-0.05, 0) is 71.8 Å². The van der Waals surface area contributed by atoms with Crippen molar-refractivity contribution >= 4 is 66.6 Å². The minimum Gasteiger partial charge on any atom is -0.483 e. The number of benzene rings is 4. The van der Waals surface area contributed by atoms with Crippen LogP contribution in [0.15, 0.2) is 116 Å². The van der Waals surface area contributed by atoms with E-state index in [2.05, 4.69) is 74.3 Å². The third-order valence-electron chi connectivity index (χ3n) is 5.32. The van der Waals surface area contributed by atoms with E-state index in [4.69, 9.17) is 21.3 Å². The van der Waals surface area contributed by atoms with Crippen LogP contribution in [0.25, 0.3) is 0 Å². The summed E-state index contributed by atoms with van der Waals surface area (Å²) in [5, 5.41) is 0.682. The van der Waals surface area contributed by atoms with E-state index < -0.39 is 0 Å². The molecule has 0 fully saturated rings. The lowest BCUT2D eigenvalue weighted by Crippen LogP contribution is -2.33. The predicted molar refractivity (Wildman–Crippen MR) is 145 cm³/mol. The molecule has 33 heavy (non-hydrogen) atoms. The molecule has 0 bridgehead atoms. The minimum atomic E-state index is -0.328. The predicted octanol–water partition coefficient (Wildman–Crippen LogP) is 9.28. The van der Waals surface area contributed by atoms with E-state index >= 15 is 0 Å². The Hall–Kier alpha value is -2.05. The van der Waals surface area contributed by atoms with E-state index in [1.807, 2.05) is 54.6 Å². The molecule has 0 saturated carbocycles. The highest BCUT2D eigenvalue weighted by molar-refractivity contribution is 9.10. The number of ether oxygens (including phenoxy) is 1. The number of rotatable bonds is 4. The van der Waals surface area contributed by atoms with Gasteiger partial charge in [0.1, 0.15) is 5.75 Å². The highest BCUT2D eigenvalue weighted by Gasteiger charge is 2.34. The topological polar surface area (TPSA) is 21.6 Å². The molecule has 0 spiro atoms. The van der Waals surface area contributed by atoms with Gasteiger partial charge in [-0.25, -0.2) is 4.99 Å². The molecule has 6 heteroatoms. The molecule has 164 valence electrons. The maximum Gasteiger partial charge on any atom is 0.157 e. The summed E-state index contributed by atoms with van der Waals surface area (Å²) < 4.78 is 8.73. The normalized spacial score (nSPS) is 17.6. The number of nitrogens with zero attached hydrogens (tertiary/aromatic N) is 1. The number of halogens is 3. The van der Waals surface area contributed by atoms with Gasteiger partial charge in [-0.15, -0.1) is 11.8 Å². The average molecular weight is 600 g/mol. The van der Waals surface area contributed by atoms with Crippen LogP contribution in [-0.4, -0.2) is 11.8 Å². The Labute approximate surface area is 219 Å². The maximum atomic E-state index is 6.70. The van der Waals surface area contributed by atoms with E-state index in [9.17, 15) is 0 Å². The van der Waals surface area contributed by atoms with Crippen molar-refractivity contribution in [1.29, 1.82) is 0 Å². The van der Waals surface area contributed by atoms with Gasteiger partial charge >= 0.3 is 0 Å². The number of hydrogen-bond donors (Lipinski definition) is 0. The second-order valence-corrected chi connectivity index (χ2v) is 11.0. The Morgan fingerprint density at radius 1 is 0.758 bits per heavy atom. The Morgan fingerprint density at radius 3 is 2.09 bits per heavy atom. The van der Waals surface area contributed by atoms with Crippen molar-refractivity contribution in [3.63, 3.8) is 0 Å². The van der Waals surface area contributed by atoms with Crippen molar-refractivity contribution in [1.82, 2.24) is 0 Å². The lowest BCUT2D eigenvalue weighted by atomic mass is 9.98. The van der Waals surface area contributed by atoms with Crippen molar-refractivity contribution in [3.8, 4) is 5.75 Å². The molecule has 5 rings (SSSR count). The van der Waals surface area contributed by atoms with Crippen molar-refractivity contribution < 1.29 is 4.74 Å². The summed E-state index contributed by atoms with van der Waals surface area (Å²) in [5.74, 6) is 0.790. The molecule has 1 aliphatic rings. The van der Waals surface area contributed by atoms with E-state index in [1.165, 1.54) is 0 Å². The van der Waals surface area contributed by atoms with Gasteiger partial charge in [0.15, 0.2) is 6.10 Å². The van der Waals surface area contributed by atoms with Crippen molar-refractivity contribution in [2.24, 2.45) is 4.99 Å². The van der Waals surface area contributed by atoms with Crippen molar-refractivity contribution in [2.45, 2.75) is 16.2 Å². The Balaban J connectivity index is 1.68. The molecule has 4 aromatic carbocycles. The summed E-state index contributed by atoms with van der Waals surface area (Å²) in [6.45, 7) is 0. The van der Waals surface area contributed by atoms with Crippen LogP contribution in [0.4, 0.5) is 5.69 Å². The van der Waals surface area contributed by atoms with Gasteiger partial charge in [-0.1, -0.05) is 79.9 Å². The van der Waals surface area contributed by atoms with Crippen molar-refractivity contribution in [2.75, 3.05) is 0 Å². The van der Waals surface area contributed by atoms with E-state index in [0.29, 0.717) is 5.02 Å². The van der Waals surface area contributed by atoms with Gasteiger partial charge in [-0.2, -0.15) is 0 Å². The Bertz CT molecular complexity index is 1290. The quantitative estimate of drug-likeness (QED) is 0.233. The molecule has 4 aromatic rings. The van der Waals surface area contributed by atoms with Crippen LogP contribution in [0.2, 0.25) is 5.02 Å². The van der Waals surface area contributed by atoms with Crippen LogP contribution >= 0.6 is 55.2 Å². The number of para-hydroxylation sites is 1. The molecule has 0 saturated heterocycles. The number of aliphatic imine (C=N–C) groups is 1. The van der Waals surface area contributed by atoms with Crippen molar-refractivity contribution in [3.05, 3.63) is 122 Å². The number of fused-ring (bicyclic) bond motifs is 1.